The predicted molar refractivity (Wildman–Crippen MR) is 129 cm³/mol. The third-order valence-electron chi connectivity index (χ3n) is 5.60. The summed E-state index contributed by atoms with van der Waals surface area (Å²) in [5.41, 5.74) is 2.43. The molecular formula is C27H26N2O5. The largest absolute Gasteiger partial charge is 0.494 e. The molecule has 0 saturated carbocycles. The minimum absolute atomic E-state index is 0.217. The van der Waals surface area contributed by atoms with Crippen molar-refractivity contribution < 1.29 is 23.9 Å². The number of carbonyl (C=O) groups is 3. The Morgan fingerprint density at radius 2 is 1.47 bits per heavy atom. The molecule has 0 radical (unpaired) electrons. The first kappa shape index (κ1) is 23.0. The number of benzene rings is 3. The van der Waals surface area contributed by atoms with Gasteiger partial charge in [0.2, 0.25) is 0 Å². The van der Waals surface area contributed by atoms with Crippen LogP contribution in [0, 0.1) is 6.92 Å². The SMILES string of the molecule is CCOc1ccc(N2C(=O)c3ccc(C(=O)N(C)CCOc4ccc(C)cc4)cc3C2=O)cc1. The number of hydrogen-bond donors (Lipinski definition) is 0. The van der Waals surface area contributed by atoms with Gasteiger partial charge >= 0.3 is 0 Å². The molecule has 0 N–H and O–H groups in total. The van der Waals surface area contributed by atoms with Crippen LogP contribution in [-0.4, -0.2) is 49.4 Å². The van der Waals surface area contributed by atoms with Crippen molar-refractivity contribution in [2.24, 2.45) is 0 Å². The van der Waals surface area contributed by atoms with Gasteiger partial charge in [0.15, 0.2) is 0 Å². The van der Waals surface area contributed by atoms with Crippen molar-refractivity contribution in [3.05, 3.63) is 89.0 Å². The lowest BCUT2D eigenvalue weighted by Gasteiger charge is -2.18. The molecule has 7 heteroatoms. The summed E-state index contributed by atoms with van der Waals surface area (Å²) in [7, 11) is 1.67. The zero-order chi connectivity index (χ0) is 24.2. The minimum atomic E-state index is -0.454. The summed E-state index contributed by atoms with van der Waals surface area (Å²) in [5.74, 6) is 0.273. The van der Waals surface area contributed by atoms with Gasteiger partial charge in [0.25, 0.3) is 17.7 Å². The van der Waals surface area contributed by atoms with Crippen LogP contribution >= 0.6 is 0 Å². The summed E-state index contributed by atoms with van der Waals surface area (Å²) < 4.78 is 11.1. The van der Waals surface area contributed by atoms with Gasteiger partial charge < -0.3 is 14.4 Å². The summed E-state index contributed by atoms with van der Waals surface area (Å²) in [6, 6.07) is 19.1. The Hall–Kier alpha value is -4.13. The van der Waals surface area contributed by atoms with Gasteiger partial charge in [-0.1, -0.05) is 17.7 Å². The van der Waals surface area contributed by atoms with Crippen LogP contribution in [-0.2, 0) is 0 Å². The highest BCUT2D eigenvalue weighted by Crippen LogP contribution is 2.30. The lowest BCUT2D eigenvalue weighted by atomic mass is 10.1. The Bertz CT molecular complexity index is 1220. The van der Waals surface area contributed by atoms with E-state index in [9.17, 15) is 14.4 Å². The van der Waals surface area contributed by atoms with Crippen molar-refractivity contribution in [3.63, 3.8) is 0 Å². The average molecular weight is 459 g/mol. The molecule has 1 aliphatic heterocycles. The molecule has 3 amide bonds. The van der Waals surface area contributed by atoms with E-state index in [4.69, 9.17) is 9.47 Å². The summed E-state index contributed by atoms with van der Waals surface area (Å²) in [4.78, 5) is 41.5. The summed E-state index contributed by atoms with van der Waals surface area (Å²) in [6.45, 7) is 5.11. The first-order valence-corrected chi connectivity index (χ1v) is 11.1. The second-order valence-corrected chi connectivity index (χ2v) is 8.02. The molecule has 1 heterocycles. The van der Waals surface area contributed by atoms with E-state index in [1.165, 1.54) is 17.0 Å². The highest BCUT2D eigenvalue weighted by atomic mass is 16.5. The molecule has 7 nitrogen and oxygen atoms in total. The second-order valence-electron chi connectivity index (χ2n) is 8.02. The number of aryl methyl sites for hydroxylation is 1. The van der Waals surface area contributed by atoms with Crippen LogP contribution in [0.5, 0.6) is 11.5 Å². The Balaban J connectivity index is 1.44. The van der Waals surface area contributed by atoms with Gasteiger partial charge in [0.1, 0.15) is 18.1 Å². The Kier molecular flexibility index (Phi) is 6.63. The molecule has 0 aromatic heterocycles. The molecule has 0 unspecified atom stereocenters. The molecular weight excluding hydrogens is 432 g/mol. The Labute approximate surface area is 198 Å². The number of amides is 3. The minimum Gasteiger partial charge on any atom is -0.494 e. The monoisotopic (exact) mass is 458 g/mol. The molecule has 174 valence electrons. The van der Waals surface area contributed by atoms with Crippen LogP contribution in [0.2, 0.25) is 0 Å². The van der Waals surface area contributed by atoms with Gasteiger partial charge in [-0.05, 0) is 68.4 Å². The van der Waals surface area contributed by atoms with Crippen molar-refractivity contribution in [3.8, 4) is 11.5 Å². The number of hydrogen-bond acceptors (Lipinski definition) is 5. The summed E-state index contributed by atoms with van der Waals surface area (Å²) in [5, 5.41) is 0. The molecule has 4 rings (SSSR count). The molecule has 0 atom stereocenters. The molecule has 34 heavy (non-hydrogen) atoms. The number of imide groups is 1. The van der Waals surface area contributed by atoms with Gasteiger partial charge in [-0.2, -0.15) is 0 Å². The third kappa shape index (κ3) is 4.64. The normalized spacial score (nSPS) is 12.5. The topological polar surface area (TPSA) is 76.2 Å². The van der Waals surface area contributed by atoms with Crippen molar-refractivity contribution >= 4 is 23.4 Å². The average Bonchev–Trinajstić information content (AvgIpc) is 3.10. The predicted octanol–water partition coefficient (Wildman–Crippen LogP) is 4.35. The zero-order valence-electron chi connectivity index (χ0n) is 19.4. The van der Waals surface area contributed by atoms with Crippen molar-refractivity contribution in [2.75, 3.05) is 31.7 Å². The lowest BCUT2D eigenvalue weighted by molar-refractivity contribution is 0.0773. The van der Waals surface area contributed by atoms with Gasteiger partial charge in [-0.15, -0.1) is 0 Å². The van der Waals surface area contributed by atoms with Gasteiger partial charge in [-0.3, -0.25) is 14.4 Å². The quantitative estimate of drug-likeness (QED) is 0.469. The van der Waals surface area contributed by atoms with Crippen LogP contribution in [0.25, 0.3) is 0 Å². The van der Waals surface area contributed by atoms with Crippen LogP contribution in [0.3, 0.4) is 0 Å². The fraction of sp³-hybridized carbons (Fsp3) is 0.222. The Morgan fingerprint density at radius 1 is 0.853 bits per heavy atom. The summed E-state index contributed by atoms with van der Waals surface area (Å²) >= 11 is 0. The van der Waals surface area contributed by atoms with Crippen LogP contribution in [0.4, 0.5) is 5.69 Å². The highest BCUT2D eigenvalue weighted by Gasteiger charge is 2.37. The number of anilines is 1. The number of ether oxygens (including phenoxy) is 2. The number of carbonyl (C=O) groups excluding carboxylic acids is 3. The van der Waals surface area contributed by atoms with E-state index in [-0.39, 0.29) is 17.0 Å². The second kappa shape index (κ2) is 9.79. The molecule has 0 spiro atoms. The van der Waals surface area contributed by atoms with Gasteiger partial charge in [0.05, 0.1) is 30.0 Å². The molecule has 0 fully saturated rings. The van der Waals surface area contributed by atoms with E-state index >= 15 is 0 Å². The van der Waals surface area contributed by atoms with E-state index in [2.05, 4.69) is 0 Å². The van der Waals surface area contributed by atoms with Crippen molar-refractivity contribution in [1.82, 2.24) is 4.90 Å². The maximum Gasteiger partial charge on any atom is 0.266 e. The van der Waals surface area contributed by atoms with Crippen molar-refractivity contribution in [1.29, 1.82) is 0 Å². The van der Waals surface area contributed by atoms with Gasteiger partial charge in [-0.25, -0.2) is 4.90 Å². The number of fused-ring (bicyclic) bond motifs is 1. The molecule has 0 saturated heterocycles. The van der Waals surface area contributed by atoms with Crippen LogP contribution in [0.1, 0.15) is 43.6 Å². The molecule has 0 bridgehead atoms. The number of likely N-dealkylation sites (N-methyl/N-ethyl adjacent to an activating group) is 1. The van der Waals surface area contributed by atoms with Gasteiger partial charge in [0, 0.05) is 12.6 Å². The number of rotatable bonds is 8. The number of nitrogens with zero attached hydrogens (tertiary/aromatic N) is 2. The zero-order valence-corrected chi connectivity index (χ0v) is 19.4. The lowest BCUT2D eigenvalue weighted by Crippen LogP contribution is -2.31. The molecule has 3 aromatic rings. The standard InChI is InChI=1S/C27H26N2O5/c1-4-33-21-12-8-20(9-13-21)29-26(31)23-14-7-19(17-24(23)27(29)32)25(30)28(3)15-16-34-22-10-5-18(2)6-11-22/h5-14,17H,4,15-16H2,1-3H3. The molecule has 1 aliphatic rings. The molecule has 0 aliphatic carbocycles. The maximum absolute atomic E-state index is 13.0. The van der Waals surface area contributed by atoms with E-state index in [0.717, 1.165) is 16.2 Å². The van der Waals surface area contributed by atoms with Crippen LogP contribution < -0.4 is 14.4 Å². The first-order chi connectivity index (χ1) is 16.4. The summed E-state index contributed by atoms with van der Waals surface area (Å²) in [6.07, 6.45) is 0. The fourth-order valence-corrected chi connectivity index (χ4v) is 3.72. The Morgan fingerprint density at radius 3 is 2.15 bits per heavy atom. The highest BCUT2D eigenvalue weighted by molar-refractivity contribution is 6.34. The van der Waals surface area contributed by atoms with Crippen LogP contribution in [0.15, 0.2) is 66.7 Å². The smallest absolute Gasteiger partial charge is 0.266 e. The third-order valence-corrected chi connectivity index (χ3v) is 5.60. The van der Waals surface area contributed by atoms with Crippen molar-refractivity contribution in [2.45, 2.75) is 13.8 Å². The maximum atomic E-state index is 13.0. The van der Waals surface area contributed by atoms with E-state index in [0.29, 0.717) is 36.8 Å². The molecule has 3 aromatic carbocycles. The first-order valence-electron chi connectivity index (χ1n) is 11.1. The van der Waals surface area contributed by atoms with E-state index in [1.54, 1.807) is 37.4 Å². The van der Waals surface area contributed by atoms with E-state index in [1.807, 2.05) is 38.1 Å². The fourth-order valence-electron chi connectivity index (χ4n) is 3.72. The van der Waals surface area contributed by atoms with E-state index < -0.39 is 11.8 Å².